The number of sulfone groups is 1. The summed E-state index contributed by atoms with van der Waals surface area (Å²) < 4.78 is 69.0. The van der Waals surface area contributed by atoms with Crippen molar-refractivity contribution in [3.05, 3.63) is 54.1 Å². The molecule has 1 heterocycles. The van der Waals surface area contributed by atoms with Crippen LogP contribution in [-0.2, 0) is 25.9 Å². The van der Waals surface area contributed by atoms with Gasteiger partial charge in [0, 0.05) is 30.0 Å². The number of hydrogen-bond donors (Lipinski definition) is 1. The van der Waals surface area contributed by atoms with Crippen LogP contribution in [0.15, 0.2) is 47.5 Å². The molecule has 0 radical (unpaired) electrons. The molecule has 216 valence electrons. The molecular formula is C29H34F2N2O6S. The first-order valence-electron chi connectivity index (χ1n) is 13.3. The molecule has 11 heteroatoms. The van der Waals surface area contributed by atoms with E-state index in [4.69, 9.17) is 14.6 Å². The molecule has 40 heavy (non-hydrogen) atoms. The van der Waals surface area contributed by atoms with Crippen molar-refractivity contribution in [1.82, 2.24) is 9.78 Å². The zero-order chi connectivity index (χ0) is 29.0. The number of carbonyl (C=O) groups is 1. The number of ether oxygens (including phenoxy) is 2. The molecule has 4 rings (SSSR count). The van der Waals surface area contributed by atoms with Crippen LogP contribution in [-0.4, -0.2) is 54.8 Å². The Bertz CT molecular complexity index is 1450. The average Bonchev–Trinajstić information content (AvgIpc) is 3.26. The zero-order valence-corrected chi connectivity index (χ0v) is 23.6. The van der Waals surface area contributed by atoms with E-state index in [2.05, 4.69) is 5.10 Å². The van der Waals surface area contributed by atoms with Crippen LogP contribution in [0.5, 0.6) is 5.75 Å². The van der Waals surface area contributed by atoms with Gasteiger partial charge in [-0.1, -0.05) is 30.3 Å². The van der Waals surface area contributed by atoms with Gasteiger partial charge in [-0.15, -0.1) is 0 Å². The van der Waals surface area contributed by atoms with E-state index in [1.807, 2.05) is 0 Å². The van der Waals surface area contributed by atoms with Gasteiger partial charge in [0.05, 0.1) is 18.3 Å². The topological polar surface area (TPSA) is 108 Å². The molecule has 2 aromatic carbocycles. The summed E-state index contributed by atoms with van der Waals surface area (Å²) in [7, 11) is -3.95. The first-order chi connectivity index (χ1) is 18.9. The molecule has 0 unspecified atom stereocenters. The van der Waals surface area contributed by atoms with Gasteiger partial charge in [0.25, 0.3) is 0 Å². The Kier molecular flexibility index (Phi) is 9.25. The van der Waals surface area contributed by atoms with E-state index < -0.39 is 27.4 Å². The largest absolute Gasteiger partial charge is 0.491 e. The van der Waals surface area contributed by atoms with Crippen molar-refractivity contribution in [3.63, 3.8) is 0 Å². The third-order valence-electron chi connectivity index (χ3n) is 6.92. The molecule has 1 N–H and O–H groups in total. The molecule has 1 saturated carbocycles. The Morgan fingerprint density at radius 2 is 1.75 bits per heavy atom. The van der Waals surface area contributed by atoms with Gasteiger partial charge in [0.1, 0.15) is 18.1 Å². The van der Waals surface area contributed by atoms with Crippen LogP contribution in [0.3, 0.4) is 0 Å². The smallest absolute Gasteiger partial charge is 0.329 e. The van der Waals surface area contributed by atoms with Crippen molar-refractivity contribution in [2.75, 3.05) is 19.5 Å². The number of carboxylic acids is 1. The number of nitrogens with zero attached hydrogens (tertiary/aromatic N) is 2. The Labute approximate surface area is 232 Å². The van der Waals surface area contributed by atoms with Crippen molar-refractivity contribution in [3.8, 4) is 28.1 Å². The summed E-state index contributed by atoms with van der Waals surface area (Å²) in [6.45, 7) is 3.80. The zero-order valence-electron chi connectivity index (χ0n) is 22.8. The lowest BCUT2D eigenvalue weighted by atomic mass is 9.82. The van der Waals surface area contributed by atoms with Crippen molar-refractivity contribution >= 4 is 15.8 Å². The minimum atomic E-state index is -3.95. The van der Waals surface area contributed by atoms with Gasteiger partial charge in [0.15, 0.2) is 26.5 Å². The van der Waals surface area contributed by atoms with Crippen LogP contribution in [0.25, 0.3) is 22.4 Å². The lowest BCUT2D eigenvalue weighted by Crippen LogP contribution is -2.24. The van der Waals surface area contributed by atoms with Gasteiger partial charge in [-0.3, -0.25) is 4.68 Å². The van der Waals surface area contributed by atoms with E-state index >= 15 is 4.39 Å². The highest BCUT2D eigenvalue weighted by atomic mass is 32.2. The molecule has 0 atom stereocenters. The predicted molar refractivity (Wildman–Crippen MR) is 146 cm³/mol. The van der Waals surface area contributed by atoms with E-state index in [9.17, 15) is 17.6 Å². The minimum absolute atomic E-state index is 0.00457. The second kappa shape index (κ2) is 12.5. The molecule has 1 aliphatic rings. The number of carboxylic acid groups (broad SMARTS) is 1. The molecule has 1 aliphatic carbocycles. The first kappa shape index (κ1) is 29.7. The van der Waals surface area contributed by atoms with E-state index in [0.29, 0.717) is 12.2 Å². The first-order valence-corrected chi connectivity index (χ1v) is 15.1. The minimum Gasteiger partial charge on any atom is -0.491 e. The Balaban J connectivity index is 1.76. The Morgan fingerprint density at radius 3 is 2.35 bits per heavy atom. The van der Waals surface area contributed by atoms with Crippen molar-refractivity contribution in [1.29, 1.82) is 0 Å². The van der Waals surface area contributed by atoms with Crippen LogP contribution in [0.2, 0.25) is 0 Å². The number of halogens is 2. The molecule has 0 amide bonds. The van der Waals surface area contributed by atoms with Crippen LogP contribution in [0.1, 0.15) is 39.5 Å². The summed E-state index contributed by atoms with van der Waals surface area (Å²) in [5.41, 5.74) is 0.558. The highest BCUT2D eigenvalue weighted by molar-refractivity contribution is 7.90. The van der Waals surface area contributed by atoms with E-state index in [0.717, 1.165) is 38.0 Å². The molecular weight excluding hydrogens is 542 g/mol. The molecule has 0 saturated heterocycles. The summed E-state index contributed by atoms with van der Waals surface area (Å²) in [6, 6.07) is 11.1. The lowest BCUT2D eigenvalue weighted by molar-refractivity contribution is -0.142. The summed E-state index contributed by atoms with van der Waals surface area (Å²) in [5.74, 6) is -2.95. The average molecular weight is 577 g/mol. The van der Waals surface area contributed by atoms with E-state index in [1.54, 1.807) is 44.2 Å². The van der Waals surface area contributed by atoms with Gasteiger partial charge < -0.3 is 14.6 Å². The number of rotatable bonds is 11. The molecule has 0 aliphatic heterocycles. The van der Waals surface area contributed by atoms with Gasteiger partial charge in [0.2, 0.25) is 0 Å². The van der Waals surface area contributed by atoms with Gasteiger partial charge >= 0.3 is 5.97 Å². The maximum Gasteiger partial charge on any atom is 0.329 e. The Morgan fingerprint density at radius 1 is 1.10 bits per heavy atom. The van der Waals surface area contributed by atoms with Crippen LogP contribution in [0.4, 0.5) is 8.78 Å². The number of hydrogen-bond acceptors (Lipinski definition) is 6. The quantitative estimate of drug-likeness (QED) is 0.317. The fourth-order valence-electron chi connectivity index (χ4n) is 5.21. The SMILES string of the molecule is CC(C)Oc1cc(F)c(F)c(-c2c(-c3ccccc3)nn(C[C@H]3CC[C@@H](COCC(=O)O)CC3)c2S(C)(=O)=O)c1. The molecule has 3 aromatic rings. The normalized spacial score (nSPS) is 17.8. The summed E-state index contributed by atoms with van der Waals surface area (Å²) >= 11 is 0. The van der Waals surface area contributed by atoms with Crippen molar-refractivity contribution in [2.45, 2.75) is 57.2 Å². The standard InChI is InChI=1S/C29H34F2N2O6S/c1-18(2)39-22-13-23(27(31)24(30)14-22)26-28(21-7-5-4-6-8-21)32-33(29(26)40(3,36)37)15-19-9-11-20(12-10-19)16-38-17-25(34)35/h4-8,13-14,18-20H,9-12,15-17H2,1-3H3,(H,34,35)/t19-,20+. The number of aliphatic carboxylic acids is 1. The second-order valence-electron chi connectivity index (χ2n) is 10.6. The third kappa shape index (κ3) is 7.06. The highest BCUT2D eigenvalue weighted by Gasteiger charge is 2.32. The van der Waals surface area contributed by atoms with Crippen molar-refractivity contribution < 1.29 is 36.6 Å². The molecule has 0 bridgehead atoms. The third-order valence-corrected chi connectivity index (χ3v) is 8.04. The van der Waals surface area contributed by atoms with Gasteiger partial charge in [-0.25, -0.2) is 22.0 Å². The molecule has 1 aromatic heterocycles. The monoisotopic (exact) mass is 576 g/mol. The fraction of sp³-hybridized carbons (Fsp3) is 0.448. The van der Waals surface area contributed by atoms with Crippen molar-refractivity contribution in [2.24, 2.45) is 11.8 Å². The summed E-state index contributed by atoms with van der Waals surface area (Å²) in [5, 5.41) is 13.3. The molecule has 8 nitrogen and oxygen atoms in total. The number of benzene rings is 2. The fourth-order valence-corrected chi connectivity index (χ4v) is 6.29. The summed E-state index contributed by atoms with van der Waals surface area (Å²) in [6.07, 6.45) is 3.85. The van der Waals surface area contributed by atoms with Crippen LogP contribution in [0, 0.1) is 23.5 Å². The maximum atomic E-state index is 15.4. The highest BCUT2D eigenvalue weighted by Crippen LogP contribution is 2.41. The van der Waals surface area contributed by atoms with E-state index in [1.165, 1.54) is 10.7 Å². The predicted octanol–water partition coefficient (Wildman–Crippen LogP) is 5.59. The second-order valence-corrected chi connectivity index (χ2v) is 12.5. The van der Waals surface area contributed by atoms with Gasteiger partial charge in [-0.2, -0.15) is 5.10 Å². The lowest BCUT2D eigenvalue weighted by Gasteiger charge is -2.28. The van der Waals surface area contributed by atoms with Crippen LogP contribution < -0.4 is 4.74 Å². The number of aromatic nitrogens is 2. The Hall–Kier alpha value is -3.31. The van der Waals surface area contributed by atoms with E-state index in [-0.39, 0.29) is 58.7 Å². The molecule has 0 spiro atoms. The summed E-state index contributed by atoms with van der Waals surface area (Å²) in [4.78, 5) is 10.7. The van der Waals surface area contributed by atoms with Crippen LogP contribution >= 0.6 is 0 Å². The van der Waals surface area contributed by atoms with Gasteiger partial charge in [-0.05, 0) is 57.4 Å². The molecule has 1 fully saturated rings. The maximum absolute atomic E-state index is 15.4.